The number of nitrogens with one attached hydrogen (secondary N) is 4. The minimum absolute atomic E-state index is 0.0209. The van der Waals surface area contributed by atoms with E-state index in [0.717, 1.165) is 16.7 Å². The van der Waals surface area contributed by atoms with Crippen molar-refractivity contribution in [3.05, 3.63) is 273 Å². The number of benzene rings is 9. The zero-order chi connectivity index (χ0) is 88.3. The standard InChI is InChI=1S/C45H48N4O12S.C41H40N4O8S.2C3H6/c1-6-48(22-26-59-44(52)46-20-24-57-42(50)30(2)3)33-16-18-35-38(28-33)61-39-29-34(17-19-36(39)41(35)37-14-10-11-15-40(37)62(54,55)56)49(32-12-8-7-9-13-32)23-27-60-45(53)47-21-25-58-43(51)31(4)5;1-3-44(23-25-51-40(46)42-29-13-7-5-8-14-29)31-19-21-33-36(27-31)53-37-28-32(45(4-2)24-26-52-41(47)43-30-15-9-6-10-16-30)20-22-34(37)39(33)35-17-11-12-18-38(35)54(48,49)50;2*1-3-2/h7-19,28-29H,2,4,6,20-27H2,1,3,5H3,(H2-,46,47,52,53,54,55,56);5-22,27-28H,3-4,23-26H2,1-2H3,(H2-,42,43,46,47,48,49,50);2*3H,1H2,2H3. The molecule has 0 unspecified atom stereocenters. The molecule has 0 radical (unpaired) electrons. The third-order valence-electron chi connectivity index (χ3n) is 18.1. The van der Waals surface area contributed by atoms with E-state index in [1.165, 1.54) is 38.1 Å². The first-order valence-electron chi connectivity index (χ1n) is 39.1. The third-order valence-corrected chi connectivity index (χ3v) is 19.9. The second-order valence-electron chi connectivity index (χ2n) is 26.8. The first kappa shape index (κ1) is 93.8. The Morgan fingerprint density at radius 3 is 1.23 bits per heavy atom. The number of carbonyl (C=O) groups is 6. The molecule has 0 bridgehead atoms. The van der Waals surface area contributed by atoms with E-state index in [2.05, 4.69) is 47.6 Å². The van der Waals surface area contributed by atoms with Crippen LogP contribution in [0.3, 0.4) is 0 Å². The molecule has 122 heavy (non-hydrogen) atoms. The Bertz CT molecular complexity index is 5820. The number of anilines is 5. The minimum atomic E-state index is -4.91. The smallest absolute Gasteiger partial charge is 0.411 e. The SMILES string of the molecule is C=C(C)C(=O)OCCNC(=O)OCCN(c1ccccc1)c1ccc2c(-c3ccccc3S(=O)(=O)[O-])c3ccc(=[N+](CC)CCOC(=O)NCCOC(=O)C(=C)C)cc-3oc2c1.C=CC.C=CC.CCN(CCOC(=O)Nc1ccccc1)c1ccc2c(-c3ccccc3S(=O)(=O)[O-])c3ccc(=[N+](CC)CCOC(=O)Nc4ccccc4)cc-3oc2c1. The van der Waals surface area contributed by atoms with Crippen molar-refractivity contribution in [1.82, 2.24) is 19.8 Å². The summed E-state index contributed by atoms with van der Waals surface area (Å²) in [4.78, 5) is 75.9. The van der Waals surface area contributed by atoms with Crippen molar-refractivity contribution in [2.75, 3.05) is 119 Å². The Balaban J connectivity index is 0.000000287. The molecule has 2 aliphatic carbocycles. The molecule has 7 aromatic carbocycles. The normalized spacial score (nSPS) is 11.4. The zero-order valence-electron chi connectivity index (χ0n) is 69.1. The highest BCUT2D eigenvalue weighted by atomic mass is 32.2. The number of rotatable bonds is 32. The molecule has 0 saturated carbocycles. The lowest BCUT2D eigenvalue weighted by Gasteiger charge is -2.26. The van der Waals surface area contributed by atoms with Crippen LogP contribution in [0.1, 0.15) is 48.5 Å². The van der Waals surface area contributed by atoms with Crippen molar-refractivity contribution in [3.63, 3.8) is 0 Å². The number of esters is 2. The van der Waals surface area contributed by atoms with E-state index in [-0.39, 0.29) is 86.4 Å². The average Bonchev–Trinajstić information content (AvgIpc) is 0.748. The molecule has 4 aliphatic rings. The van der Waals surface area contributed by atoms with Crippen LogP contribution in [0.25, 0.3) is 66.8 Å². The number of hydrogen-bond donors (Lipinski definition) is 4. The van der Waals surface area contributed by atoms with Gasteiger partial charge in [-0.15, -0.1) is 13.2 Å². The van der Waals surface area contributed by atoms with Gasteiger partial charge in [-0.05, 0) is 133 Å². The van der Waals surface area contributed by atoms with E-state index in [9.17, 15) is 54.7 Å². The lowest BCUT2D eigenvalue weighted by molar-refractivity contribution is -0.139. The summed E-state index contributed by atoms with van der Waals surface area (Å²) in [6, 6.07) is 61.5. The highest BCUT2D eigenvalue weighted by Gasteiger charge is 2.27. The number of fused-ring (bicyclic) bond motifs is 4. The lowest BCUT2D eigenvalue weighted by Crippen LogP contribution is -2.35. The van der Waals surface area contributed by atoms with Gasteiger partial charge in [0.05, 0.1) is 48.1 Å². The van der Waals surface area contributed by atoms with E-state index >= 15 is 0 Å². The van der Waals surface area contributed by atoms with Gasteiger partial charge in [-0.1, -0.05) is 116 Å². The molecule has 2 aliphatic heterocycles. The van der Waals surface area contributed by atoms with E-state index in [4.69, 9.17) is 37.3 Å². The van der Waals surface area contributed by atoms with E-state index < -0.39 is 61.4 Å². The predicted molar refractivity (Wildman–Crippen MR) is 470 cm³/mol. The van der Waals surface area contributed by atoms with Gasteiger partial charge in [0.2, 0.25) is 10.7 Å². The summed E-state index contributed by atoms with van der Waals surface area (Å²) in [7, 11) is -9.74. The summed E-state index contributed by atoms with van der Waals surface area (Å²) in [6.45, 7) is 29.7. The summed E-state index contributed by atoms with van der Waals surface area (Å²) in [5.74, 6) is -0.289. The second-order valence-corrected chi connectivity index (χ2v) is 29.5. The zero-order valence-corrected chi connectivity index (χ0v) is 70.7. The van der Waals surface area contributed by atoms with Gasteiger partial charge in [0.1, 0.15) is 82.4 Å². The number of hydrogen-bond acceptors (Lipinski definition) is 22. The number of allylic oxidation sites excluding steroid dienone is 2. The molecule has 0 atom stereocenters. The number of para-hydroxylation sites is 3. The average molecular weight is 1700 g/mol. The van der Waals surface area contributed by atoms with Crippen molar-refractivity contribution >= 4 is 107 Å². The topological polar surface area (TPSA) is 359 Å². The fourth-order valence-electron chi connectivity index (χ4n) is 12.5. The molecule has 4 N–H and O–H groups in total. The molecule has 0 spiro atoms. The molecular formula is C92H100N8O20S2. The lowest BCUT2D eigenvalue weighted by atomic mass is 9.93. The number of amides is 4. The van der Waals surface area contributed by atoms with E-state index in [0.29, 0.717) is 117 Å². The number of nitrogens with zero attached hydrogens (tertiary/aromatic N) is 4. The summed E-state index contributed by atoms with van der Waals surface area (Å²) in [5.41, 5.74) is 7.38. The Labute approximate surface area is 709 Å². The van der Waals surface area contributed by atoms with Crippen LogP contribution in [-0.2, 0) is 58.2 Å². The van der Waals surface area contributed by atoms with Crippen molar-refractivity contribution < 1.29 is 92.0 Å². The molecule has 0 fully saturated rings. The number of carbonyl (C=O) groups excluding carboxylic acids is 6. The van der Waals surface area contributed by atoms with E-state index in [1.807, 2.05) is 169 Å². The predicted octanol–water partition coefficient (Wildman–Crippen LogP) is 15.3. The molecule has 30 heteroatoms. The van der Waals surface area contributed by atoms with Gasteiger partial charge >= 0.3 is 36.3 Å². The Kier molecular flexibility index (Phi) is 35.8. The fourth-order valence-corrected chi connectivity index (χ4v) is 13.9. The van der Waals surface area contributed by atoms with E-state index in [1.54, 1.807) is 84.9 Å². The quantitative estimate of drug-likeness (QED) is 0.00445. The van der Waals surface area contributed by atoms with Crippen LogP contribution in [0.5, 0.6) is 0 Å². The maximum absolute atomic E-state index is 12.6. The molecule has 11 rings (SSSR count). The Morgan fingerprint density at radius 2 is 0.811 bits per heavy atom. The van der Waals surface area contributed by atoms with Crippen molar-refractivity contribution in [3.8, 4) is 44.9 Å². The second kappa shape index (κ2) is 46.6. The Hall–Kier alpha value is -13.7. The van der Waals surface area contributed by atoms with Crippen LogP contribution in [0.2, 0.25) is 0 Å². The first-order valence-corrected chi connectivity index (χ1v) is 41.9. The molecule has 0 aromatic heterocycles. The maximum atomic E-state index is 12.6. The van der Waals surface area contributed by atoms with Crippen LogP contribution in [0, 0.1) is 0 Å². The largest absolute Gasteiger partial charge is 0.744 e. The molecule has 7 aromatic rings. The van der Waals surface area contributed by atoms with Gasteiger partial charge in [-0.2, -0.15) is 0 Å². The highest BCUT2D eigenvalue weighted by Crippen LogP contribution is 2.45. The van der Waals surface area contributed by atoms with Gasteiger partial charge in [-0.25, -0.2) is 54.8 Å². The fraction of sp³-hybridized carbons (Fsp3) is 0.239. The number of alkyl carbamates (subject to hydrolysis) is 2. The molecule has 28 nitrogen and oxygen atoms in total. The van der Waals surface area contributed by atoms with Crippen LogP contribution >= 0.6 is 0 Å². The van der Waals surface area contributed by atoms with Gasteiger partial charge in [0, 0.05) is 115 Å². The van der Waals surface area contributed by atoms with Gasteiger partial charge < -0.3 is 66.8 Å². The summed E-state index contributed by atoms with van der Waals surface area (Å²) >= 11 is 0. The maximum Gasteiger partial charge on any atom is 0.411 e. The summed E-state index contributed by atoms with van der Waals surface area (Å²) in [5, 5.41) is 13.1. The van der Waals surface area contributed by atoms with Crippen molar-refractivity contribution in [2.45, 2.75) is 58.3 Å². The molecule has 2 heterocycles. The number of likely N-dealkylation sites (N-methyl/N-ethyl adjacent to an activating group) is 3. The summed E-state index contributed by atoms with van der Waals surface area (Å²) in [6.07, 6.45) is 0.991. The highest BCUT2D eigenvalue weighted by molar-refractivity contribution is 7.86. The monoisotopic (exact) mass is 1700 g/mol. The van der Waals surface area contributed by atoms with Gasteiger partial charge in [0.15, 0.2) is 26.3 Å². The van der Waals surface area contributed by atoms with Crippen molar-refractivity contribution in [1.29, 1.82) is 0 Å². The van der Waals surface area contributed by atoms with Crippen LogP contribution in [0.15, 0.2) is 281 Å². The Morgan fingerprint density at radius 1 is 0.434 bits per heavy atom. The molecule has 640 valence electrons. The summed E-state index contributed by atoms with van der Waals surface area (Å²) < 4.78 is 124. The third kappa shape index (κ3) is 27.2. The molecule has 4 amide bonds. The van der Waals surface area contributed by atoms with Gasteiger partial charge in [0.25, 0.3) is 0 Å². The van der Waals surface area contributed by atoms with Crippen LogP contribution < -0.4 is 50.9 Å². The molecule has 0 saturated heterocycles. The number of ether oxygens (including phenoxy) is 6. The minimum Gasteiger partial charge on any atom is -0.744 e. The van der Waals surface area contributed by atoms with Crippen molar-refractivity contribution in [2.24, 2.45) is 0 Å². The van der Waals surface area contributed by atoms with Crippen LogP contribution in [0.4, 0.5) is 47.6 Å². The van der Waals surface area contributed by atoms with Gasteiger partial charge in [-0.3, -0.25) is 10.6 Å². The molecular weight excluding hydrogens is 1600 g/mol. The van der Waals surface area contributed by atoms with Crippen LogP contribution in [-0.4, -0.2) is 161 Å². The first-order chi connectivity index (χ1) is 58.6.